The molecule has 0 aliphatic heterocycles. The Kier molecular flexibility index (Phi) is 4.34. The van der Waals surface area contributed by atoms with E-state index in [2.05, 4.69) is 4.74 Å². The fraction of sp³-hybridized carbons (Fsp3) is 0.286. The number of aliphatic hydroxyl groups is 1. The zero-order chi connectivity index (χ0) is 14.6. The largest absolute Gasteiger partial charge is 0.573 e. The van der Waals surface area contributed by atoms with E-state index in [0.717, 1.165) is 5.76 Å². The molecule has 2 aromatic rings. The third-order valence-electron chi connectivity index (χ3n) is 2.62. The summed E-state index contributed by atoms with van der Waals surface area (Å²) in [4.78, 5) is 0. The SMILES string of the molecule is OCCCc1ccc(-c2ccc(OC(F)(F)F)cc2)o1. The highest BCUT2D eigenvalue weighted by Crippen LogP contribution is 2.27. The van der Waals surface area contributed by atoms with E-state index in [4.69, 9.17) is 9.52 Å². The van der Waals surface area contributed by atoms with Crippen LogP contribution in [-0.4, -0.2) is 18.1 Å². The average molecular weight is 286 g/mol. The summed E-state index contributed by atoms with van der Waals surface area (Å²) in [6.45, 7) is 0.0828. The number of ether oxygens (including phenoxy) is 1. The molecule has 0 atom stereocenters. The van der Waals surface area contributed by atoms with Gasteiger partial charge in [-0.1, -0.05) is 0 Å². The Labute approximate surface area is 113 Å². The molecule has 1 N–H and O–H groups in total. The summed E-state index contributed by atoms with van der Waals surface area (Å²) in [6, 6.07) is 8.99. The molecule has 1 aromatic heterocycles. The molecule has 0 aliphatic carbocycles. The van der Waals surface area contributed by atoms with Crippen LogP contribution in [0.3, 0.4) is 0 Å². The third-order valence-corrected chi connectivity index (χ3v) is 2.62. The van der Waals surface area contributed by atoms with Gasteiger partial charge < -0.3 is 14.3 Å². The Morgan fingerprint density at radius 2 is 1.75 bits per heavy atom. The molecule has 0 radical (unpaired) electrons. The fourth-order valence-corrected chi connectivity index (χ4v) is 1.74. The number of alkyl halides is 3. The first-order chi connectivity index (χ1) is 9.48. The molecule has 1 aromatic carbocycles. The lowest BCUT2D eigenvalue weighted by Gasteiger charge is -2.08. The summed E-state index contributed by atoms with van der Waals surface area (Å²) >= 11 is 0. The summed E-state index contributed by atoms with van der Waals surface area (Å²) in [5.41, 5.74) is 0.662. The van der Waals surface area contributed by atoms with Crippen molar-refractivity contribution in [2.24, 2.45) is 0 Å². The molecule has 3 nitrogen and oxygen atoms in total. The highest BCUT2D eigenvalue weighted by atomic mass is 19.4. The summed E-state index contributed by atoms with van der Waals surface area (Å²) < 4.78 is 45.4. The molecular formula is C14H13F3O3. The smallest absolute Gasteiger partial charge is 0.461 e. The van der Waals surface area contributed by atoms with Crippen molar-refractivity contribution in [1.29, 1.82) is 0 Å². The molecule has 2 rings (SSSR count). The van der Waals surface area contributed by atoms with Crippen molar-refractivity contribution >= 4 is 0 Å². The van der Waals surface area contributed by atoms with E-state index in [0.29, 0.717) is 24.2 Å². The van der Waals surface area contributed by atoms with Crippen molar-refractivity contribution in [2.45, 2.75) is 19.2 Å². The number of benzene rings is 1. The predicted octanol–water partition coefficient (Wildman–Crippen LogP) is 3.77. The van der Waals surface area contributed by atoms with Crippen LogP contribution in [-0.2, 0) is 6.42 Å². The van der Waals surface area contributed by atoms with Crippen LogP contribution in [0.1, 0.15) is 12.2 Å². The predicted molar refractivity (Wildman–Crippen MR) is 66.2 cm³/mol. The van der Waals surface area contributed by atoms with Gasteiger partial charge in [0.25, 0.3) is 0 Å². The summed E-state index contributed by atoms with van der Waals surface area (Å²) in [5.74, 6) is 1.02. The first-order valence-electron chi connectivity index (χ1n) is 6.04. The highest BCUT2D eigenvalue weighted by molar-refractivity contribution is 5.58. The van der Waals surface area contributed by atoms with E-state index < -0.39 is 6.36 Å². The second-order valence-electron chi connectivity index (χ2n) is 4.17. The van der Waals surface area contributed by atoms with Gasteiger partial charge in [-0.15, -0.1) is 13.2 Å². The summed E-state index contributed by atoms with van der Waals surface area (Å²) in [7, 11) is 0. The minimum atomic E-state index is -4.69. The Bertz CT molecular complexity index is 544. The molecular weight excluding hydrogens is 273 g/mol. The van der Waals surface area contributed by atoms with Gasteiger partial charge in [-0.05, 0) is 42.8 Å². The Hall–Kier alpha value is -1.95. The number of rotatable bonds is 5. The summed E-state index contributed by atoms with van der Waals surface area (Å²) in [6.07, 6.45) is -3.47. The van der Waals surface area contributed by atoms with Crippen LogP contribution in [0, 0.1) is 0 Å². The van der Waals surface area contributed by atoms with Gasteiger partial charge >= 0.3 is 6.36 Å². The van der Waals surface area contributed by atoms with Gasteiger partial charge in [0.2, 0.25) is 0 Å². The molecule has 0 saturated heterocycles. The molecule has 1 heterocycles. The molecule has 20 heavy (non-hydrogen) atoms. The molecule has 108 valence electrons. The zero-order valence-electron chi connectivity index (χ0n) is 10.5. The Morgan fingerprint density at radius 1 is 1.05 bits per heavy atom. The van der Waals surface area contributed by atoms with Crippen LogP contribution in [0.5, 0.6) is 5.75 Å². The van der Waals surface area contributed by atoms with Crippen molar-refractivity contribution in [2.75, 3.05) is 6.61 Å². The highest BCUT2D eigenvalue weighted by Gasteiger charge is 2.30. The molecule has 6 heteroatoms. The van der Waals surface area contributed by atoms with Gasteiger partial charge in [-0.25, -0.2) is 0 Å². The molecule has 0 fully saturated rings. The normalized spacial score (nSPS) is 11.6. The standard InChI is InChI=1S/C14H13F3O3/c15-14(16,17)20-12-5-3-10(4-6-12)13-8-7-11(19-13)2-1-9-18/h3-8,18H,1-2,9H2. The average Bonchev–Trinajstić information content (AvgIpc) is 2.84. The van der Waals surface area contributed by atoms with Gasteiger partial charge in [0.05, 0.1) is 0 Å². The maximum atomic E-state index is 12.0. The second kappa shape index (κ2) is 6.00. The van der Waals surface area contributed by atoms with Gasteiger partial charge in [-0.3, -0.25) is 0 Å². The molecule has 0 aliphatic rings. The van der Waals surface area contributed by atoms with Crippen molar-refractivity contribution in [3.8, 4) is 17.1 Å². The van der Waals surface area contributed by atoms with Gasteiger partial charge in [0.1, 0.15) is 17.3 Å². The first-order valence-corrected chi connectivity index (χ1v) is 6.04. The van der Waals surface area contributed by atoms with Crippen LogP contribution in [0.4, 0.5) is 13.2 Å². The van der Waals surface area contributed by atoms with E-state index in [1.54, 1.807) is 12.1 Å². The van der Waals surface area contributed by atoms with Crippen molar-refractivity contribution in [3.05, 3.63) is 42.2 Å². The van der Waals surface area contributed by atoms with Crippen molar-refractivity contribution < 1.29 is 27.4 Å². The molecule has 0 bridgehead atoms. The first kappa shape index (κ1) is 14.5. The van der Waals surface area contributed by atoms with Crippen LogP contribution >= 0.6 is 0 Å². The monoisotopic (exact) mass is 286 g/mol. The van der Waals surface area contributed by atoms with Crippen molar-refractivity contribution in [1.82, 2.24) is 0 Å². The lowest BCUT2D eigenvalue weighted by Crippen LogP contribution is -2.16. The Morgan fingerprint density at radius 3 is 2.35 bits per heavy atom. The molecule has 0 spiro atoms. The van der Waals surface area contributed by atoms with Crippen molar-refractivity contribution in [3.63, 3.8) is 0 Å². The Balaban J connectivity index is 2.07. The molecule has 0 unspecified atom stereocenters. The maximum Gasteiger partial charge on any atom is 0.573 e. The topological polar surface area (TPSA) is 42.6 Å². The van der Waals surface area contributed by atoms with E-state index in [-0.39, 0.29) is 12.4 Å². The lowest BCUT2D eigenvalue weighted by atomic mass is 10.2. The third kappa shape index (κ3) is 4.03. The maximum absolute atomic E-state index is 12.0. The van der Waals surface area contributed by atoms with E-state index in [9.17, 15) is 13.2 Å². The zero-order valence-corrected chi connectivity index (χ0v) is 10.5. The van der Waals surface area contributed by atoms with Crippen LogP contribution in [0.25, 0.3) is 11.3 Å². The van der Waals surface area contributed by atoms with Gasteiger partial charge in [0, 0.05) is 18.6 Å². The molecule has 0 amide bonds. The van der Waals surface area contributed by atoms with Gasteiger partial charge in [-0.2, -0.15) is 0 Å². The van der Waals surface area contributed by atoms with Crippen LogP contribution in [0.15, 0.2) is 40.8 Å². The number of aliphatic hydroxyl groups excluding tert-OH is 1. The van der Waals surface area contributed by atoms with Gasteiger partial charge in [0.15, 0.2) is 0 Å². The quantitative estimate of drug-likeness (QED) is 0.909. The fourth-order valence-electron chi connectivity index (χ4n) is 1.74. The second-order valence-corrected chi connectivity index (χ2v) is 4.17. The van der Waals surface area contributed by atoms with E-state index in [1.165, 1.54) is 24.3 Å². The minimum absolute atomic E-state index is 0.0828. The molecule has 0 saturated carbocycles. The van der Waals surface area contributed by atoms with Crippen LogP contribution < -0.4 is 4.74 Å². The number of hydrogen-bond donors (Lipinski definition) is 1. The number of halogens is 3. The number of hydrogen-bond acceptors (Lipinski definition) is 3. The summed E-state index contributed by atoms with van der Waals surface area (Å²) in [5, 5.41) is 8.73. The number of aryl methyl sites for hydroxylation is 1. The lowest BCUT2D eigenvalue weighted by molar-refractivity contribution is -0.274. The van der Waals surface area contributed by atoms with E-state index in [1.807, 2.05) is 0 Å². The number of furan rings is 1. The van der Waals surface area contributed by atoms with E-state index >= 15 is 0 Å². The van der Waals surface area contributed by atoms with Crippen LogP contribution in [0.2, 0.25) is 0 Å². The minimum Gasteiger partial charge on any atom is -0.461 e.